The van der Waals surface area contributed by atoms with Gasteiger partial charge in [-0.3, -0.25) is 4.98 Å². The molecule has 1 saturated heterocycles. The predicted molar refractivity (Wildman–Crippen MR) is 138 cm³/mol. The third kappa shape index (κ3) is 4.64. The molecule has 1 saturated carbocycles. The van der Waals surface area contributed by atoms with Crippen molar-refractivity contribution in [2.45, 2.75) is 44.9 Å². The lowest BCUT2D eigenvalue weighted by Crippen LogP contribution is -2.57. The van der Waals surface area contributed by atoms with E-state index in [9.17, 15) is 4.79 Å². The fourth-order valence-corrected chi connectivity index (χ4v) is 4.60. The molecule has 4 aromatic rings. The normalized spacial score (nSPS) is 16.5. The van der Waals surface area contributed by atoms with E-state index in [0.717, 1.165) is 29.7 Å². The lowest BCUT2D eigenvalue weighted by atomic mass is 10.1. The Morgan fingerprint density at radius 1 is 1.19 bits per heavy atom. The van der Waals surface area contributed by atoms with Crippen molar-refractivity contribution in [3.8, 4) is 23.0 Å². The number of rotatable bonds is 7. The van der Waals surface area contributed by atoms with Gasteiger partial charge < -0.3 is 24.7 Å². The van der Waals surface area contributed by atoms with E-state index in [1.807, 2.05) is 35.8 Å². The third-order valence-corrected chi connectivity index (χ3v) is 7.04. The number of nitrogens with zero attached hydrogens (tertiary/aromatic N) is 6. The molecule has 6 rings (SSSR count). The smallest absolute Gasteiger partial charge is 0.315 e. The van der Waals surface area contributed by atoms with Crippen LogP contribution in [0.1, 0.15) is 31.0 Å². The molecule has 1 aromatic carbocycles. The lowest BCUT2D eigenvalue weighted by molar-refractivity contribution is 0.0477. The van der Waals surface area contributed by atoms with E-state index < -0.39 is 6.03 Å². The lowest BCUT2D eigenvalue weighted by Gasteiger charge is -2.37. The van der Waals surface area contributed by atoms with Crippen molar-refractivity contribution in [1.82, 2.24) is 29.4 Å². The first-order valence-electron chi connectivity index (χ1n) is 12.1. The maximum atomic E-state index is 11.2. The Morgan fingerprint density at radius 2 is 2.00 bits per heavy atom. The van der Waals surface area contributed by atoms with E-state index in [2.05, 4.69) is 21.9 Å². The van der Waals surface area contributed by atoms with Crippen LogP contribution in [0.5, 0.6) is 11.6 Å². The molecular formula is C26H26ClN7O3. The van der Waals surface area contributed by atoms with Crippen molar-refractivity contribution in [3.05, 3.63) is 59.1 Å². The van der Waals surface area contributed by atoms with E-state index in [-0.39, 0.29) is 11.7 Å². The molecule has 0 atom stereocenters. The number of urea groups is 1. The molecular weight excluding hydrogens is 494 g/mol. The minimum absolute atomic E-state index is 0.120. The van der Waals surface area contributed by atoms with Crippen molar-refractivity contribution in [2.75, 3.05) is 13.1 Å². The highest BCUT2D eigenvalue weighted by atomic mass is 35.5. The van der Waals surface area contributed by atoms with Crippen LogP contribution in [-0.2, 0) is 6.54 Å². The SMILES string of the molecule is Cc1ccnc(Cn2c(-c3ccc(OC4CN(C(N)=O)C4)cc3Cl)nc3c(OC4(C)CC4)ncnc32)c1. The zero-order chi connectivity index (χ0) is 25.7. The van der Waals surface area contributed by atoms with Crippen molar-refractivity contribution in [3.63, 3.8) is 0 Å². The Labute approximate surface area is 218 Å². The number of nitrogens with two attached hydrogens (primary N) is 1. The van der Waals surface area contributed by atoms with Crippen LogP contribution in [0.25, 0.3) is 22.6 Å². The summed E-state index contributed by atoms with van der Waals surface area (Å²) in [5.41, 5.74) is 9.01. The van der Waals surface area contributed by atoms with Gasteiger partial charge in [0.25, 0.3) is 0 Å². The van der Waals surface area contributed by atoms with Crippen LogP contribution in [0.15, 0.2) is 42.9 Å². The molecule has 2 fully saturated rings. The number of hydrogen-bond donors (Lipinski definition) is 1. The Bertz CT molecular complexity index is 1510. The Hall–Kier alpha value is -3.92. The number of imidazole rings is 1. The molecule has 37 heavy (non-hydrogen) atoms. The van der Waals surface area contributed by atoms with Crippen molar-refractivity contribution < 1.29 is 14.3 Å². The van der Waals surface area contributed by atoms with Crippen LogP contribution in [0.3, 0.4) is 0 Å². The van der Waals surface area contributed by atoms with Crippen LogP contribution >= 0.6 is 11.6 Å². The average Bonchev–Trinajstić information content (AvgIpc) is 3.44. The number of benzene rings is 1. The van der Waals surface area contributed by atoms with E-state index >= 15 is 0 Å². The first-order chi connectivity index (χ1) is 17.8. The molecule has 0 unspecified atom stereocenters. The van der Waals surface area contributed by atoms with Gasteiger partial charge in [-0.2, -0.15) is 4.98 Å². The van der Waals surface area contributed by atoms with Gasteiger partial charge >= 0.3 is 6.03 Å². The Morgan fingerprint density at radius 3 is 2.70 bits per heavy atom. The number of aryl methyl sites for hydroxylation is 1. The summed E-state index contributed by atoms with van der Waals surface area (Å²) in [4.78, 5) is 31.2. The fourth-order valence-electron chi connectivity index (χ4n) is 4.34. The highest BCUT2D eigenvalue weighted by molar-refractivity contribution is 6.33. The summed E-state index contributed by atoms with van der Waals surface area (Å²) in [6.07, 6.45) is 5.13. The number of halogens is 1. The second-order valence-electron chi connectivity index (χ2n) is 9.87. The maximum absolute atomic E-state index is 11.2. The van der Waals surface area contributed by atoms with Crippen LogP contribution in [-0.4, -0.2) is 60.2 Å². The largest absolute Gasteiger partial charge is 0.487 e. The summed E-state index contributed by atoms with van der Waals surface area (Å²) in [5.74, 6) is 1.70. The van der Waals surface area contributed by atoms with Crippen LogP contribution < -0.4 is 15.2 Å². The number of fused-ring (bicyclic) bond motifs is 1. The Kier molecular flexibility index (Phi) is 5.63. The third-order valence-electron chi connectivity index (χ3n) is 6.73. The molecule has 2 amide bonds. The molecule has 10 nitrogen and oxygen atoms in total. The molecule has 3 aromatic heterocycles. The van der Waals surface area contributed by atoms with Gasteiger partial charge in [-0.25, -0.2) is 14.8 Å². The second-order valence-corrected chi connectivity index (χ2v) is 10.3. The molecule has 190 valence electrons. The van der Waals surface area contributed by atoms with Gasteiger partial charge in [-0.05, 0) is 62.6 Å². The zero-order valence-corrected chi connectivity index (χ0v) is 21.3. The van der Waals surface area contributed by atoms with Crippen molar-refractivity contribution in [1.29, 1.82) is 0 Å². The summed E-state index contributed by atoms with van der Waals surface area (Å²) in [6, 6.07) is 9.02. The van der Waals surface area contributed by atoms with Crippen molar-refractivity contribution in [2.24, 2.45) is 5.73 Å². The van der Waals surface area contributed by atoms with Gasteiger partial charge in [-0.1, -0.05) is 11.6 Å². The number of aromatic nitrogens is 5. The van der Waals surface area contributed by atoms with Crippen LogP contribution in [0.2, 0.25) is 5.02 Å². The summed E-state index contributed by atoms with van der Waals surface area (Å²) < 4.78 is 14.2. The molecule has 2 aliphatic rings. The molecule has 2 N–H and O–H groups in total. The summed E-state index contributed by atoms with van der Waals surface area (Å²) in [7, 11) is 0. The van der Waals surface area contributed by atoms with Crippen molar-refractivity contribution >= 4 is 28.8 Å². The number of pyridine rings is 1. The van der Waals surface area contributed by atoms with E-state index in [4.69, 9.17) is 31.8 Å². The number of carbonyl (C=O) groups is 1. The minimum Gasteiger partial charge on any atom is -0.487 e. The highest BCUT2D eigenvalue weighted by Gasteiger charge is 2.41. The number of carbonyl (C=O) groups excluding carboxylic acids is 1. The summed E-state index contributed by atoms with van der Waals surface area (Å²) in [6.45, 7) is 5.45. The molecule has 0 radical (unpaired) electrons. The maximum Gasteiger partial charge on any atom is 0.315 e. The molecule has 1 aliphatic carbocycles. The number of likely N-dealkylation sites (tertiary alicyclic amines) is 1. The summed E-state index contributed by atoms with van der Waals surface area (Å²) >= 11 is 6.77. The van der Waals surface area contributed by atoms with Gasteiger partial charge in [0, 0.05) is 11.8 Å². The number of ether oxygens (including phenoxy) is 2. The topological polar surface area (TPSA) is 121 Å². The quantitative estimate of drug-likeness (QED) is 0.392. The predicted octanol–water partition coefficient (Wildman–Crippen LogP) is 3.97. The minimum atomic E-state index is -0.447. The zero-order valence-electron chi connectivity index (χ0n) is 20.5. The van der Waals surface area contributed by atoms with Crippen LogP contribution in [0, 0.1) is 6.92 Å². The van der Waals surface area contributed by atoms with E-state index in [1.54, 1.807) is 12.3 Å². The molecule has 0 bridgehead atoms. The first kappa shape index (κ1) is 23.5. The van der Waals surface area contributed by atoms with E-state index in [0.29, 0.717) is 53.3 Å². The number of amides is 2. The van der Waals surface area contributed by atoms with E-state index in [1.165, 1.54) is 11.2 Å². The molecule has 11 heteroatoms. The van der Waals surface area contributed by atoms with Crippen LogP contribution in [0.4, 0.5) is 4.79 Å². The second kappa shape index (κ2) is 8.88. The number of primary amides is 1. The first-order valence-corrected chi connectivity index (χ1v) is 12.5. The van der Waals surface area contributed by atoms with Gasteiger partial charge in [-0.15, -0.1) is 0 Å². The van der Waals surface area contributed by atoms with Gasteiger partial charge in [0.05, 0.1) is 30.4 Å². The van der Waals surface area contributed by atoms with Gasteiger partial charge in [0.1, 0.15) is 29.6 Å². The van der Waals surface area contributed by atoms with Gasteiger partial charge in [0.15, 0.2) is 11.2 Å². The summed E-state index contributed by atoms with van der Waals surface area (Å²) in [5, 5.41) is 0.474. The average molecular weight is 520 g/mol. The monoisotopic (exact) mass is 519 g/mol. The number of hydrogen-bond acceptors (Lipinski definition) is 7. The molecule has 1 aliphatic heterocycles. The fraction of sp³-hybridized carbons (Fsp3) is 0.346. The molecule has 4 heterocycles. The Balaban J connectivity index is 1.38. The molecule has 0 spiro atoms. The van der Waals surface area contributed by atoms with Gasteiger partial charge in [0.2, 0.25) is 5.88 Å². The standard InChI is InChI=1S/C26H26ClN7O3/c1-15-5-8-29-16(9-15)11-34-22(32-21-23(34)30-14-31-24(21)37-26(2)6-7-26)19-4-3-17(10-20(19)27)36-18-12-33(13-18)25(28)35/h3-5,8-10,14,18H,6-7,11-13H2,1-2H3,(H2,28,35). The highest BCUT2D eigenvalue weighted by Crippen LogP contribution is 2.41.